The van der Waals surface area contributed by atoms with E-state index in [0.717, 1.165) is 22.6 Å². The van der Waals surface area contributed by atoms with Gasteiger partial charge < -0.3 is 4.42 Å². The lowest BCUT2D eigenvalue weighted by atomic mass is 9.91. The van der Waals surface area contributed by atoms with E-state index < -0.39 is 0 Å². The molecule has 2 heteroatoms. The van der Waals surface area contributed by atoms with E-state index in [2.05, 4.69) is 48.3 Å². The normalized spacial score (nSPS) is 14.4. The molecule has 3 aromatic rings. The van der Waals surface area contributed by atoms with E-state index in [1.807, 2.05) is 0 Å². The van der Waals surface area contributed by atoms with Gasteiger partial charge in [0, 0.05) is 5.56 Å². The summed E-state index contributed by atoms with van der Waals surface area (Å²) in [6.07, 6.45) is 4.93. The number of fused-ring (bicyclic) bond motifs is 2. The van der Waals surface area contributed by atoms with Crippen LogP contribution in [0.3, 0.4) is 0 Å². The Morgan fingerprint density at radius 1 is 0.950 bits per heavy atom. The van der Waals surface area contributed by atoms with Crippen molar-refractivity contribution in [3.05, 3.63) is 53.1 Å². The van der Waals surface area contributed by atoms with E-state index in [0.29, 0.717) is 0 Å². The number of aryl methyl sites for hydroxylation is 3. The lowest BCUT2D eigenvalue weighted by molar-refractivity contribution is 0.617. The molecule has 0 saturated heterocycles. The molecule has 100 valence electrons. The van der Waals surface area contributed by atoms with Crippen molar-refractivity contribution in [2.24, 2.45) is 0 Å². The topological polar surface area (TPSA) is 26.0 Å². The van der Waals surface area contributed by atoms with Crippen LogP contribution in [0.15, 0.2) is 40.8 Å². The number of hydrogen-bond acceptors (Lipinski definition) is 2. The highest BCUT2D eigenvalue weighted by atomic mass is 16.3. The molecule has 0 bridgehead atoms. The van der Waals surface area contributed by atoms with E-state index in [-0.39, 0.29) is 0 Å². The average molecular weight is 263 g/mol. The fraction of sp³-hybridized carbons (Fsp3) is 0.278. The molecule has 0 unspecified atom stereocenters. The van der Waals surface area contributed by atoms with Crippen molar-refractivity contribution < 1.29 is 4.42 Å². The summed E-state index contributed by atoms with van der Waals surface area (Å²) in [7, 11) is 0. The highest BCUT2D eigenvalue weighted by molar-refractivity contribution is 5.78. The summed E-state index contributed by atoms with van der Waals surface area (Å²) in [6, 6.07) is 12.7. The van der Waals surface area contributed by atoms with Crippen molar-refractivity contribution in [2.75, 3.05) is 0 Å². The number of aromatic nitrogens is 1. The molecule has 0 radical (unpaired) electrons. The Morgan fingerprint density at radius 2 is 1.65 bits per heavy atom. The first-order valence-electron chi connectivity index (χ1n) is 7.29. The number of oxazole rings is 1. The number of hydrogen-bond donors (Lipinski definition) is 0. The van der Waals surface area contributed by atoms with E-state index in [1.54, 1.807) is 0 Å². The molecule has 2 aromatic carbocycles. The molecule has 2 nitrogen and oxygen atoms in total. The molecule has 0 amide bonds. The first-order chi connectivity index (χ1) is 9.79. The van der Waals surface area contributed by atoms with Crippen LogP contribution in [-0.2, 0) is 12.8 Å². The molecule has 0 N–H and O–H groups in total. The lowest BCUT2D eigenvalue weighted by Gasteiger charge is -2.14. The van der Waals surface area contributed by atoms with E-state index in [4.69, 9.17) is 4.42 Å². The third-order valence-electron chi connectivity index (χ3n) is 4.15. The van der Waals surface area contributed by atoms with Crippen LogP contribution in [0.2, 0.25) is 0 Å². The first kappa shape index (κ1) is 11.7. The summed E-state index contributed by atoms with van der Waals surface area (Å²) in [6.45, 7) is 2.09. The first-order valence-corrected chi connectivity index (χ1v) is 7.29. The Kier molecular flexibility index (Phi) is 2.62. The van der Waals surface area contributed by atoms with Gasteiger partial charge in [0.25, 0.3) is 0 Å². The molecule has 0 aliphatic heterocycles. The van der Waals surface area contributed by atoms with E-state index in [9.17, 15) is 0 Å². The Bertz CT molecular complexity index is 725. The number of rotatable bonds is 1. The molecule has 1 heterocycles. The van der Waals surface area contributed by atoms with Gasteiger partial charge in [0.05, 0.1) is 0 Å². The van der Waals surface area contributed by atoms with Crippen LogP contribution in [0.4, 0.5) is 0 Å². The monoisotopic (exact) mass is 263 g/mol. The third-order valence-corrected chi connectivity index (χ3v) is 4.15. The molecule has 1 aliphatic rings. The van der Waals surface area contributed by atoms with Crippen molar-refractivity contribution in [1.82, 2.24) is 4.98 Å². The standard InChI is InChI=1S/C18H17NO/c1-12-6-8-13(9-7-12)18-19-16-10-14-4-2-3-5-15(14)11-17(16)20-18/h6-11H,2-5H2,1H3. The van der Waals surface area contributed by atoms with Crippen molar-refractivity contribution in [3.63, 3.8) is 0 Å². The molecular formula is C18H17NO. The summed E-state index contributed by atoms with van der Waals surface area (Å²) in [5.41, 5.74) is 7.09. The number of nitrogens with zero attached hydrogens (tertiary/aromatic N) is 1. The minimum Gasteiger partial charge on any atom is -0.436 e. The minimum atomic E-state index is 0.724. The van der Waals surface area contributed by atoms with Gasteiger partial charge >= 0.3 is 0 Å². The quantitative estimate of drug-likeness (QED) is 0.637. The molecule has 1 aliphatic carbocycles. The van der Waals surface area contributed by atoms with E-state index in [1.165, 1.54) is 42.4 Å². The van der Waals surface area contributed by atoms with Crippen LogP contribution in [0.1, 0.15) is 29.5 Å². The third kappa shape index (κ3) is 1.92. The zero-order valence-corrected chi connectivity index (χ0v) is 11.6. The smallest absolute Gasteiger partial charge is 0.227 e. The Hall–Kier alpha value is -2.09. The average Bonchev–Trinajstić information content (AvgIpc) is 2.88. The van der Waals surface area contributed by atoms with Gasteiger partial charge in [-0.25, -0.2) is 4.98 Å². The summed E-state index contributed by atoms with van der Waals surface area (Å²) in [5.74, 6) is 0.724. The Morgan fingerprint density at radius 3 is 2.40 bits per heavy atom. The molecule has 4 rings (SSSR count). The number of benzene rings is 2. The van der Waals surface area contributed by atoms with Gasteiger partial charge in [0.1, 0.15) is 5.52 Å². The van der Waals surface area contributed by atoms with Gasteiger partial charge in [0.2, 0.25) is 5.89 Å². The summed E-state index contributed by atoms with van der Waals surface area (Å²) in [5, 5.41) is 0. The van der Waals surface area contributed by atoms with Crippen molar-refractivity contribution in [3.8, 4) is 11.5 Å². The molecule has 20 heavy (non-hydrogen) atoms. The van der Waals surface area contributed by atoms with Crippen LogP contribution in [0.25, 0.3) is 22.6 Å². The molecule has 0 spiro atoms. The maximum absolute atomic E-state index is 5.95. The molecule has 0 saturated carbocycles. The Labute approximate surface area is 118 Å². The zero-order valence-electron chi connectivity index (χ0n) is 11.6. The van der Waals surface area contributed by atoms with Gasteiger partial charge in [-0.05, 0) is 68.0 Å². The maximum Gasteiger partial charge on any atom is 0.227 e. The summed E-state index contributed by atoms with van der Waals surface area (Å²) >= 11 is 0. The lowest BCUT2D eigenvalue weighted by Crippen LogP contribution is -2.01. The summed E-state index contributed by atoms with van der Waals surface area (Å²) < 4.78 is 5.95. The van der Waals surface area contributed by atoms with Crippen LogP contribution in [0.5, 0.6) is 0 Å². The Balaban J connectivity index is 1.84. The van der Waals surface area contributed by atoms with Crippen molar-refractivity contribution in [1.29, 1.82) is 0 Å². The van der Waals surface area contributed by atoms with Crippen LogP contribution in [0, 0.1) is 6.92 Å². The summed E-state index contributed by atoms with van der Waals surface area (Å²) in [4.78, 5) is 4.65. The predicted octanol–water partition coefficient (Wildman–Crippen LogP) is 4.68. The molecule has 0 atom stereocenters. The molecule has 0 fully saturated rings. The van der Waals surface area contributed by atoms with Crippen LogP contribution < -0.4 is 0 Å². The van der Waals surface area contributed by atoms with Crippen LogP contribution >= 0.6 is 0 Å². The molecular weight excluding hydrogens is 246 g/mol. The SMILES string of the molecule is Cc1ccc(-c2nc3cc4c(cc3o2)CCCC4)cc1. The second-order valence-electron chi connectivity index (χ2n) is 5.68. The maximum atomic E-state index is 5.95. The van der Waals surface area contributed by atoms with Gasteiger partial charge in [-0.15, -0.1) is 0 Å². The zero-order chi connectivity index (χ0) is 13.5. The fourth-order valence-corrected chi connectivity index (χ4v) is 2.98. The van der Waals surface area contributed by atoms with Crippen LogP contribution in [-0.4, -0.2) is 4.98 Å². The van der Waals surface area contributed by atoms with Crippen molar-refractivity contribution in [2.45, 2.75) is 32.6 Å². The minimum absolute atomic E-state index is 0.724. The van der Waals surface area contributed by atoms with Gasteiger partial charge in [0.15, 0.2) is 5.58 Å². The van der Waals surface area contributed by atoms with Gasteiger partial charge in [-0.1, -0.05) is 17.7 Å². The largest absolute Gasteiger partial charge is 0.436 e. The van der Waals surface area contributed by atoms with E-state index >= 15 is 0 Å². The second kappa shape index (κ2) is 4.48. The highest BCUT2D eigenvalue weighted by Crippen LogP contribution is 2.30. The second-order valence-corrected chi connectivity index (χ2v) is 5.68. The van der Waals surface area contributed by atoms with Gasteiger partial charge in [-0.3, -0.25) is 0 Å². The molecule has 1 aromatic heterocycles. The van der Waals surface area contributed by atoms with Crippen molar-refractivity contribution >= 4 is 11.1 Å². The van der Waals surface area contributed by atoms with Gasteiger partial charge in [-0.2, -0.15) is 0 Å². The fourth-order valence-electron chi connectivity index (χ4n) is 2.98. The predicted molar refractivity (Wildman–Crippen MR) is 80.8 cm³/mol. The highest BCUT2D eigenvalue weighted by Gasteiger charge is 2.14.